The Hall–Kier alpha value is -0.860. The number of nitrogens with zero attached hydrogens (tertiary/aromatic N) is 1. The van der Waals surface area contributed by atoms with Crippen molar-refractivity contribution >= 4 is 11.6 Å². The highest BCUT2D eigenvalue weighted by atomic mass is 16.2. The molecule has 0 aromatic carbocycles. The molecule has 0 bridgehead atoms. The zero-order valence-corrected chi connectivity index (χ0v) is 17.3. The summed E-state index contributed by atoms with van der Waals surface area (Å²) >= 11 is 0. The zero-order chi connectivity index (χ0) is 18.5. The summed E-state index contributed by atoms with van der Waals surface area (Å²) in [5.74, 6) is 0.873. The standard InChI is InChI=1S/C22H42N2O/c1-5-6-7-8-9-10-11-12-13-14-21(25)24-23-20-17-15-19(16-18-20)22(2,3)4/h19H,5-18H2,1-4H3,(H,24,25). The fourth-order valence-corrected chi connectivity index (χ4v) is 3.72. The minimum atomic E-state index is 0.0911. The van der Waals surface area contributed by atoms with Gasteiger partial charge in [-0.15, -0.1) is 0 Å². The lowest BCUT2D eigenvalue weighted by Gasteiger charge is -2.34. The molecule has 0 saturated heterocycles. The number of hydrogen-bond acceptors (Lipinski definition) is 2. The van der Waals surface area contributed by atoms with Crippen molar-refractivity contribution in [3.8, 4) is 0 Å². The number of hydrazone groups is 1. The molecule has 0 atom stereocenters. The predicted molar refractivity (Wildman–Crippen MR) is 109 cm³/mol. The Morgan fingerprint density at radius 3 is 2.00 bits per heavy atom. The topological polar surface area (TPSA) is 41.5 Å². The molecule has 0 aliphatic heterocycles. The lowest BCUT2D eigenvalue weighted by atomic mass is 9.72. The van der Waals surface area contributed by atoms with Crippen LogP contribution in [0.5, 0.6) is 0 Å². The highest BCUT2D eigenvalue weighted by Crippen LogP contribution is 2.36. The molecule has 1 aliphatic rings. The summed E-state index contributed by atoms with van der Waals surface area (Å²) in [5.41, 5.74) is 4.36. The molecule has 146 valence electrons. The van der Waals surface area contributed by atoms with Crippen LogP contribution in [-0.2, 0) is 4.79 Å². The van der Waals surface area contributed by atoms with Gasteiger partial charge in [0, 0.05) is 12.1 Å². The minimum absolute atomic E-state index is 0.0911. The SMILES string of the molecule is CCCCCCCCCCCC(=O)NN=C1CCC(C(C)(C)C)CC1. The van der Waals surface area contributed by atoms with Gasteiger partial charge >= 0.3 is 0 Å². The average molecular weight is 351 g/mol. The van der Waals surface area contributed by atoms with E-state index >= 15 is 0 Å². The number of hydrogen-bond donors (Lipinski definition) is 1. The molecule has 3 heteroatoms. The van der Waals surface area contributed by atoms with Crippen molar-refractivity contribution in [2.75, 3.05) is 0 Å². The summed E-state index contributed by atoms with van der Waals surface area (Å²) in [6, 6.07) is 0. The Balaban J connectivity index is 2.02. The van der Waals surface area contributed by atoms with E-state index in [2.05, 4.69) is 38.2 Å². The van der Waals surface area contributed by atoms with Crippen molar-refractivity contribution in [2.24, 2.45) is 16.4 Å². The van der Waals surface area contributed by atoms with E-state index < -0.39 is 0 Å². The van der Waals surface area contributed by atoms with Crippen LogP contribution in [0.2, 0.25) is 0 Å². The summed E-state index contributed by atoms with van der Waals surface area (Å²) in [4.78, 5) is 11.9. The lowest BCUT2D eigenvalue weighted by Crippen LogP contribution is -2.27. The largest absolute Gasteiger partial charge is 0.273 e. The number of carbonyl (C=O) groups excluding carboxylic acids is 1. The Bertz CT molecular complexity index is 385. The van der Waals surface area contributed by atoms with Crippen molar-refractivity contribution in [1.29, 1.82) is 0 Å². The van der Waals surface area contributed by atoms with Crippen LogP contribution in [0, 0.1) is 11.3 Å². The molecule has 1 saturated carbocycles. The summed E-state index contributed by atoms with van der Waals surface area (Å²) in [6.45, 7) is 9.24. The molecule has 1 aliphatic carbocycles. The number of carbonyl (C=O) groups is 1. The average Bonchev–Trinajstić information content (AvgIpc) is 2.58. The van der Waals surface area contributed by atoms with Crippen LogP contribution >= 0.6 is 0 Å². The van der Waals surface area contributed by atoms with Crippen LogP contribution < -0.4 is 5.43 Å². The monoisotopic (exact) mass is 350 g/mol. The van der Waals surface area contributed by atoms with Crippen molar-refractivity contribution in [2.45, 2.75) is 118 Å². The molecule has 0 unspecified atom stereocenters. The van der Waals surface area contributed by atoms with E-state index in [1.807, 2.05) is 0 Å². The Morgan fingerprint density at radius 2 is 1.48 bits per heavy atom. The summed E-state index contributed by atoms with van der Waals surface area (Å²) in [5, 5.41) is 4.37. The minimum Gasteiger partial charge on any atom is -0.273 e. The van der Waals surface area contributed by atoms with Crippen LogP contribution in [0.25, 0.3) is 0 Å². The van der Waals surface area contributed by atoms with Crippen molar-refractivity contribution in [3.63, 3.8) is 0 Å². The van der Waals surface area contributed by atoms with Crippen LogP contribution in [0.3, 0.4) is 0 Å². The predicted octanol–water partition coefficient (Wildman–Crippen LogP) is 6.62. The first kappa shape index (κ1) is 22.2. The van der Waals surface area contributed by atoms with Crippen LogP contribution in [-0.4, -0.2) is 11.6 Å². The number of rotatable bonds is 11. The van der Waals surface area contributed by atoms with Crippen LogP contribution in [0.4, 0.5) is 0 Å². The molecule has 0 heterocycles. The molecule has 0 aromatic rings. The van der Waals surface area contributed by atoms with Gasteiger partial charge in [0.2, 0.25) is 5.91 Å². The molecule has 1 fully saturated rings. The molecule has 25 heavy (non-hydrogen) atoms. The first-order chi connectivity index (χ1) is 11.9. The van der Waals surface area contributed by atoms with E-state index in [1.165, 1.54) is 69.9 Å². The molecule has 0 spiro atoms. The normalized spacial score (nSPS) is 18.2. The summed E-state index contributed by atoms with van der Waals surface area (Å²) in [6.07, 6.45) is 16.7. The highest BCUT2D eigenvalue weighted by Gasteiger charge is 2.28. The molecular weight excluding hydrogens is 308 g/mol. The lowest BCUT2D eigenvalue weighted by molar-refractivity contribution is -0.121. The van der Waals surface area contributed by atoms with E-state index in [0.717, 1.165) is 25.2 Å². The molecular formula is C22H42N2O. The second-order valence-electron chi connectivity index (χ2n) is 8.93. The van der Waals surface area contributed by atoms with Gasteiger partial charge in [0.25, 0.3) is 0 Å². The van der Waals surface area contributed by atoms with Gasteiger partial charge in [0.1, 0.15) is 0 Å². The fraction of sp³-hybridized carbons (Fsp3) is 0.909. The third-order valence-corrected chi connectivity index (χ3v) is 5.63. The van der Waals surface area contributed by atoms with Crippen LogP contribution in [0.15, 0.2) is 5.10 Å². The Kier molecular flexibility index (Phi) is 11.1. The van der Waals surface area contributed by atoms with Gasteiger partial charge in [-0.05, 0) is 43.4 Å². The van der Waals surface area contributed by atoms with Gasteiger partial charge in [0.15, 0.2) is 0 Å². The second kappa shape index (κ2) is 12.5. The molecule has 1 rings (SSSR count). The smallest absolute Gasteiger partial charge is 0.240 e. The first-order valence-corrected chi connectivity index (χ1v) is 10.8. The van der Waals surface area contributed by atoms with Gasteiger partial charge in [-0.1, -0.05) is 79.1 Å². The zero-order valence-electron chi connectivity index (χ0n) is 17.3. The number of amides is 1. The second-order valence-corrected chi connectivity index (χ2v) is 8.93. The fourth-order valence-electron chi connectivity index (χ4n) is 3.72. The third kappa shape index (κ3) is 10.7. The third-order valence-electron chi connectivity index (χ3n) is 5.63. The van der Waals surface area contributed by atoms with Gasteiger partial charge < -0.3 is 0 Å². The molecule has 0 aromatic heterocycles. The maximum absolute atomic E-state index is 11.9. The summed E-state index contributed by atoms with van der Waals surface area (Å²) in [7, 11) is 0. The van der Waals surface area contributed by atoms with Gasteiger partial charge in [-0.25, -0.2) is 5.43 Å². The van der Waals surface area contributed by atoms with E-state index in [9.17, 15) is 4.79 Å². The summed E-state index contributed by atoms with van der Waals surface area (Å²) < 4.78 is 0. The Morgan fingerprint density at radius 1 is 0.960 bits per heavy atom. The van der Waals surface area contributed by atoms with Crippen molar-refractivity contribution < 1.29 is 4.79 Å². The molecule has 3 nitrogen and oxygen atoms in total. The van der Waals surface area contributed by atoms with E-state index in [-0.39, 0.29) is 5.91 Å². The maximum atomic E-state index is 11.9. The highest BCUT2D eigenvalue weighted by molar-refractivity contribution is 5.86. The van der Waals surface area contributed by atoms with Crippen molar-refractivity contribution in [3.05, 3.63) is 0 Å². The molecule has 1 amide bonds. The van der Waals surface area contributed by atoms with Gasteiger partial charge in [-0.3, -0.25) is 4.79 Å². The number of unbranched alkanes of at least 4 members (excludes halogenated alkanes) is 8. The van der Waals surface area contributed by atoms with Gasteiger partial charge in [0.05, 0.1) is 0 Å². The van der Waals surface area contributed by atoms with Crippen LogP contribution in [0.1, 0.15) is 118 Å². The first-order valence-electron chi connectivity index (χ1n) is 10.8. The van der Waals surface area contributed by atoms with Gasteiger partial charge in [-0.2, -0.15) is 5.10 Å². The van der Waals surface area contributed by atoms with Crippen molar-refractivity contribution in [1.82, 2.24) is 5.43 Å². The quantitative estimate of drug-likeness (QED) is 0.330. The molecule has 0 radical (unpaired) electrons. The van der Waals surface area contributed by atoms with E-state index in [4.69, 9.17) is 0 Å². The van der Waals surface area contributed by atoms with E-state index in [0.29, 0.717) is 11.8 Å². The Labute approximate surface area is 156 Å². The molecule has 1 N–H and O–H groups in total. The number of nitrogens with one attached hydrogen (secondary N) is 1. The van der Waals surface area contributed by atoms with E-state index in [1.54, 1.807) is 0 Å². The maximum Gasteiger partial charge on any atom is 0.240 e.